The van der Waals surface area contributed by atoms with E-state index >= 15 is 0 Å². The first-order chi connectivity index (χ1) is 5.61. The summed E-state index contributed by atoms with van der Waals surface area (Å²) in [5, 5.41) is 10.0. The Kier molecular flexibility index (Phi) is 2.27. The van der Waals surface area contributed by atoms with Crippen LogP contribution in [0.2, 0.25) is 0 Å². The molecular weight excluding hydrogens is 170 g/mol. The van der Waals surface area contributed by atoms with Crippen LogP contribution in [0.5, 0.6) is 0 Å². The summed E-state index contributed by atoms with van der Waals surface area (Å²) < 4.78 is 23.8. The van der Waals surface area contributed by atoms with Crippen LogP contribution < -0.4 is 0 Å². The van der Waals surface area contributed by atoms with Gasteiger partial charge < -0.3 is 10.1 Å². The Balaban J connectivity index is 2.93. The Labute approximate surface area is 66.0 Å². The van der Waals surface area contributed by atoms with Crippen molar-refractivity contribution >= 4 is 5.82 Å². The summed E-state index contributed by atoms with van der Waals surface area (Å²) in [5.41, 5.74) is -0.319. The summed E-state index contributed by atoms with van der Waals surface area (Å²) >= 11 is 0. The van der Waals surface area contributed by atoms with Gasteiger partial charge in [-0.25, -0.2) is 8.78 Å². The zero-order valence-electron chi connectivity index (χ0n) is 5.78. The third-order valence-electron chi connectivity index (χ3n) is 1.21. The Morgan fingerprint density at radius 3 is 2.50 bits per heavy atom. The molecular formula is C6H4F2N2O2. The van der Waals surface area contributed by atoms with Crippen LogP contribution in [0.4, 0.5) is 14.6 Å². The molecule has 6 heteroatoms. The minimum atomic E-state index is -2.64. The van der Waals surface area contributed by atoms with Crippen LogP contribution in [0.15, 0.2) is 18.3 Å². The molecule has 64 valence electrons. The highest BCUT2D eigenvalue weighted by molar-refractivity contribution is 5.23. The quantitative estimate of drug-likeness (QED) is 0.508. The summed E-state index contributed by atoms with van der Waals surface area (Å²) in [4.78, 5) is 12.5. The van der Waals surface area contributed by atoms with E-state index in [2.05, 4.69) is 4.98 Å². The second-order valence-corrected chi connectivity index (χ2v) is 2.01. The third kappa shape index (κ3) is 1.71. The Bertz CT molecular complexity index is 286. The topological polar surface area (TPSA) is 56.0 Å². The van der Waals surface area contributed by atoms with E-state index < -0.39 is 17.2 Å². The van der Waals surface area contributed by atoms with E-state index in [0.717, 1.165) is 18.3 Å². The zero-order chi connectivity index (χ0) is 9.14. The van der Waals surface area contributed by atoms with Crippen molar-refractivity contribution in [3.63, 3.8) is 0 Å². The zero-order valence-corrected chi connectivity index (χ0v) is 5.78. The first-order valence-corrected chi connectivity index (χ1v) is 3.00. The van der Waals surface area contributed by atoms with Crippen LogP contribution in [0, 0.1) is 10.1 Å². The molecule has 12 heavy (non-hydrogen) atoms. The van der Waals surface area contributed by atoms with Crippen molar-refractivity contribution in [2.45, 2.75) is 6.43 Å². The second-order valence-electron chi connectivity index (χ2n) is 2.01. The van der Waals surface area contributed by atoms with Crippen molar-refractivity contribution < 1.29 is 13.7 Å². The van der Waals surface area contributed by atoms with Crippen molar-refractivity contribution in [1.82, 2.24) is 4.98 Å². The van der Waals surface area contributed by atoms with Gasteiger partial charge in [-0.15, -0.1) is 0 Å². The SMILES string of the molecule is O=[N+]([O-])c1ccc(C(F)F)cn1. The highest BCUT2D eigenvalue weighted by Crippen LogP contribution is 2.18. The number of hydrogen-bond donors (Lipinski definition) is 0. The van der Waals surface area contributed by atoms with Gasteiger partial charge >= 0.3 is 5.82 Å². The number of nitro groups is 1. The van der Waals surface area contributed by atoms with Crippen LogP contribution in [0.3, 0.4) is 0 Å². The minimum Gasteiger partial charge on any atom is -0.358 e. The van der Waals surface area contributed by atoms with Gasteiger partial charge in [-0.1, -0.05) is 0 Å². The number of rotatable bonds is 2. The lowest BCUT2D eigenvalue weighted by atomic mass is 10.3. The van der Waals surface area contributed by atoms with Gasteiger partial charge in [0.1, 0.15) is 6.20 Å². The molecule has 0 bridgehead atoms. The molecule has 1 heterocycles. The minimum absolute atomic E-state index is 0.319. The first-order valence-electron chi connectivity index (χ1n) is 3.00. The molecule has 0 saturated carbocycles. The Morgan fingerprint density at radius 1 is 1.50 bits per heavy atom. The molecule has 4 nitrogen and oxygen atoms in total. The average molecular weight is 174 g/mol. The van der Waals surface area contributed by atoms with E-state index in [1.807, 2.05) is 0 Å². The molecule has 0 unspecified atom stereocenters. The van der Waals surface area contributed by atoms with E-state index in [9.17, 15) is 18.9 Å². The molecule has 0 aliphatic rings. The van der Waals surface area contributed by atoms with Crippen LogP contribution >= 0.6 is 0 Å². The molecule has 0 radical (unpaired) electrons. The Morgan fingerprint density at radius 2 is 2.17 bits per heavy atom. The number of halogens is 2. The normalized spacial score (nSPS) is 10.2. The van der Waals surface area contributed by atoms with Gasteiger partial charge in [0.2, 0.25) is 0 Å². The van der Waals surface area contributed by atoms with Crippen LogP contribution in [-0.4, -0.2) is 9.91 Å². The highest BCUT2D eigenvalue weighted by Gasteiger charge is 2.12. The lowest BCUT2D eigenvalue weighted by Gasteiger charge is -1.94. The predicted molar refractivity (Wildman–Crippen MR) is 35.8 cm³/mol. The van der Waals surface area contributed by atoms with Crippen molar-refractivity contribution in [3.8, 4) is 0 Å². The number of aromatic nitrogens is 1. The van der Waals surface area contributed by atoms with Crippen molar-refractivity contribution in [3.05, 3.63) is 34.0 Å². The number of nitrogens with zero attached hydrogens (tertiary/aromatic N) is 2. The summed E-state index contributed by atoms with van der Waals surface area (Å²) in [7, 11) is 0. The third-order valence-corrected chi connectivity index (χ3v) is 1.21. The lowest BCUT2D eigenvalue weighted by molar-refractivity contribution is -0.389. The molecule has 0 amide bonds. The maximum absolute atomic E-state index is 11.9. The van der Waals surface area contributed by atoms with Gasteiger partial charge in [0, 0.05) is 6.07 Å². The number of hydrogen-bond acceptors (Lipinski definition) is 3. The highest BCUT2D eigenvalue weighted by atomic mass is 19.3. The van der Waals surface area contributed by atoms with Gasteiger partial charge in [-0.3, -0.25) is 0 Å². The fourth-order valence-electron chi connectivity index (χ4n) is 0.635. The summed E-state index contributed by atoms with van der Waals surface area (Å²) in [6, 6.07) is 1.93. The van der Waals surface area contributed by atoms with E-state index in [1.54, 1.807) is 0 Å². The van der Waals surface area contributed by atoms with Crippen LogP contribution in [0.25, 0.3) is 0 Å². The first kappa shape index (κ1) is 8.51. The summed E-state index contributed by atoms with van der Waals surface area (Å²) in [6.07, 6.45) is -1.85. The predicted octanol–water partition coefficient (Wildman–Crippen LogP) is 1.93. The summed E-state index contributed by atoms with van der Waals surface area (Å²) in [5.74, 6) is -0.431. The number of alkyl halides is 2. The van der Waals surface area contributed by atoms with Crippen LogP contribution in [-0.2, 0) is 0 Å². The largest absolute Gasteiger partial charge is 0.363 e. The van der Waals surface area contributed by atoms with Crippen molar-refractivity contribution in [1.29, 1.82) is 0 Å². The monoisotopic (exact) mass is 174 g/mol. The van der Waals surface area contributed by atoms with Gasteiger partial charge in [0.15, 0.2) is 0 Å². The molecule has 1 aromatic heterocycles. The van der Waals surface area contributed by atoms with E-state index in [0.29, 0.717) is 0 Å². The second kappa shape index (κ2) is 3.21. The molecule has 0 saturated heterocycles. The fraction of sp³-hybridized carbons (Fsp3) is 0.167. The van der Waals surface area contributed by atoms with Gasteiger partial charge in [0.25, 0.3) is 6.43 Å². The molecule has 0 aliphatic heterocycles. The van der Waals surface area contributed by atoms with E-state index in [-0.39, 0.29) is 5.56 Å². The van der Waals surface area contributed by atoms with Crippen LogP contribution in [0.1, 0.15) is 12.0 Å². The van der Waals surface area contributed by atoms with Crippen molar-refractivity contribution in [2.75, 3.05) is 0 Å². The number of pyridine rings is 1. The molecule has 0 aliphatic carbocycles. The molecule has 1 aromatic rings. The molecule has 0 aromatic carbocycles. The molecule has 0 spiro atoms. The molecule has 0 fully saturated rings. The fourth-order valence-corrected chi connectivity index (χ4v) is 0.635. The maximum atomic E-state index is 11.9. The van der Waals surface area contributed by atoms with Gasteiger partial charge in [-0.05, 0) is 16.0 Å². The van der Waals surface area contributed by atoms with Crippen molar-refractivity contribution in [2.24, 2.45) is 0 Å². The van der Waals surface area contributed by atoms with Gasteiger partial charge in [-0.2, -0.15) is 0 Å². The van der Waals surface area contributed by atoms with E-state index in [1.165, 1.54) is 0 Å². The van der Waals surface area contributed by atoms with E-state index in [4.69, 9.17) is 0 Å². The molecule has 1 rings (SSSR count). The molecule has 0 N–H and O–H groups in total. The smallest absolute Gasteiger partial charge is 0.358 e. The standard InChI is InChI=1S/C6H4F2N2O2/c7-6(8)4-1-2-5(9-3-4)10(11)12/h1-3,6H. The Hall–Kier alpha value is -1.59. The average Bonchev–Trinajstić information content (AvgIpc) is 2.04. The summed E-state index contributed by atoms with van der Waals surface area (Å²) in [6.45, 7) is 0. The maximum Gasteiger partial charge on any atom is 0.363 e. The lowest BCUT2D eigenvalue weighted by Crippen LogP contribution is -1.93. The molecule has 0 atom stereocenters. The van der Waals surface area contributed by atoms with Gasteiger partial charge in [0.05, 0.1) is 5.56 Å².